The van der Waals surface area contributed by atoms with Crippen LogP contribution in [-0.4, -0.2) is 18.4 Å². The average molecular weight is 385 g/mol. The molecule has 4 nitrogen and oxygen atoms in total. The summed E-state index contributed by atoms with van der Waals surface area (Å²) in [6, 6.07) is 11.3. The molecule has 0 bridgehead atoms. The molecule has 0 fully saturated rings. The lowest BCUT2D eigenvalue weighted by Crippen LogP contribution is -2.33. The standard InChI is InChI=1S/C18H16ClF3N2O2/c1-12(25)24(16-9-5-2-6-13(16)18(20,21)22)11-10-17(26)23-15-8-4-3-7-14(15)19/h2-9H,10-11H2,1H3,(H,23,26). The van der Waals surface area contributed by atoms with Crippen LogP contribution in [0.5, 0.6) is 0 Å². The molecule has 0 saturated carbocycles. The number of nitrogens with one attached hydrogen (secondary N) is 1. The molecule has 2 aromatic carbocycles. The van der Waals surface area contributed by atoms with E-state index in [9.17, 15) is 22.8 Å². The molecule has 1 N–H and O–H groups in total. The van der Waals surface area contributed by atoms with Crippen molar-refractivity contribution >= 4 is 34.8 Å². The maximum Gasteiger partial charge on any atom is 0.418 e. The van der Waals surface area contributed by atoms with Crippen LogP contribution < -0.4 is 10.2 Å². The molecule has 8 heteroatoms. The number of anilines is 2. The van der Waals surface area contributed by atoms with Crippen LogP contribution in [0.15, 0.2) is 48.5 Å². The Balaban J connectivity index is 2.14. The van der Waals surface area contributed by atoms with Crippen LogP contribution in [0.2, 0.25) is 5.02 Å². The van der Waals surface area contributed by atoms with Gasteiger partial charge in [-0.05, 0) is 24.3 Å². The van der Waals surface area contributed by atoms with Crippen molar-refractivity contribution in [1.82, 2.24) is 0 Å². The van der Waals surface area contributed by atoms with E-state index in [0.717, 1.165) is 17.9 Å². The van der Waals surface area contributed by atoms with Gasteiger partial charge in [0.25, 0.3) is 0 Å². The van der Waals surface area contributed by atoms with E-state index in [-0.39, 0.29) is 18.7 Å². The molecular formula is C18H16ClF3N2O2. The second-order valence-corrected chi connectivity index (χ2v) is 5.87. The number of rotatable bonds is 5. The minimum Gasteiger partial charge on any atom is -0.325 e. The van der Waals surface area contributed by atoms with E-state index in [0.29, 0.717) is 10.7 Å². The number of carbonyl (C=O) groups excluding carboxylic acids is 2. The number of alkyl halides is 3. The normalized spacial score (nSPS) is 11.1. The molecule has 2 amide bonds. The second kappa shape index (κ2) is 8.23. The van der Waals surface area contributed by atoms with Gasteiger partial charge in [0, 0.05) is 19.9 Å². The first kappa shape index (κ1) is 19.8. The van der Waals surface area contributed by atoms with E-state index in [1.807, 2.05) is 0 Å². The maximum atomic E-state index is 13.2. The smallest absolute Gasteiger partial charge is 0.325 e. The predicted octanol–water partition coefficient (Wildman–Crippen LogP) is 4.74. The zero-order valence-electron chi connectivity index (χ0n) is 13.8. The zero-order valence-corrected chi connectivity index (χ0v) is 14.6. The molecule has 0 atom stereocenters. The molecule has 0 radical (unpaired) electrons. The summed E-state index contributed by atoms with van der Waals surface area (Å²) >= 11 is 5.94. The summed E-state index contributed by atoms with van der Waals surface area (Å²) in [6.07, 6.45) is -4.79. The molecule has 0 unspecified atom stereocenters. The van der Waals surface area contributed by atoms with Gasteiger partial charge in [-0.3, -0.25) is 9.59 Å². The summed E-state index contributed by atoms with van der Waals surface area (Å²) in [5.41, 5.74) is -0.816. The predicted molar refractivity (Wildman–Crippen MR) is 94.2 cm³/mol. The minimum absolute atomic E-state index is 0.184. The van der Waals surface area contributed by atoms with Gasteiger partial charge in [0.2, 0.25) is 11.8 Å². The molecular weight excluding hydrogens is 369 g/mol. The highest BCUT2D eigenvalue weighted by atomic mass is 35.5. The summed E-state index contributed by atoms with van der Waals surface area (Å²) in [4.78, 5) is 24.9. The fourth-order valence-electron chi connectivity index (χ4n) is 2.38. The Labute approximate surface area is 153 Å². The molecule has 0 aliphatic heterocycles. The van der Waals surface area contributed by atoms with Gasteiger partial charge >= 0.3 is 6.18 Å². The van der Waals surface area contributed by atoms with Gasteiger partial charge in [-0.15, -0.1) is 0 Å². The Morgan fingerprint density at radius 3 is 2.31 bits per heavy atom. The number of halogens is 4. The molecule has 2 rings (SSSR count). The molecule has 0 aromatic heterocycles. The van der Waals surface area contributed by atoms with Crippen molar-refractivity contribution in [1.29, 1.82) is 0 Å². The van der Waals surface area contributed by atoms with E-state index < -0.39 is 23.6 Å². The fourth-order valence-corrected chi connectivity index (χ4v) is 2.57. The van der Waals surface area contributed by atoms with Gasteiger partial charge in [0.1, 0.15) is 0 Å². The van der Waals surface area contributed by atoms with Crippen LogP contribution in [0.25, 0.3) is 0 Å². The van der Waals surface area contributed by atoms with Crippen LogP contribution in [0, 0.1) is 0 Å². The number of para-hydroxylation sites is 2. The monoisotopic (exact) mass is 384 g/mol. The quantitative estimate of drug-likeness (QED) is 0.809. The third-order valence-electron chi connectivity index (χ3n) is 3.59. The Hall–Kier alpha value is -2.54. The summed E-state index contributed by atoms with van der Waals surface area (Å²) in [7, 11) is 0. The molecule has 0 heterocycles. The number of benzene rings is 2. The van der Waals surface area contributed by atoms with Gasteiger partial charge in [-0.2, -0.15) is 13.2 Å². The Kier molecular flexibility index (Phi) is 6.26. The topological polar surface area (TPSA) is 49.4 Å². The average Bonchev–Trinajstić information content (AvgIpc) is 2.56. The molecule has 138 valence electrons. The first-order valence-electron chi connectivity index (χ1n) is 7.69. The van der Waals surface area contributed by atoms with Crippen molar-refractivity contribution in [2.24, 2.45) is 0 Å². The van der Waals surface area contributed by atoms with E-state index in [4.69, 9.17) is 11.6 Å². The van der Waals surface area contributed by atoms with Crippen molar-refractivity contribution in [3.63, 3.8) is 0 Å². The minimum atomic E-state index is -4.61. The third kappa shape index (κ3) is 4.98. The Bertz CT molecular complexity index is 809. The number of nitrogens with zero attached hydrogens (tertiary/aromatic N) is 1. The second-order valence-electron chi connectivity index (χ2n) is 5.46. The number of hydrogen-bond donors (Lipinski definition) is 1. The molecule has 26 heavy (non-hydrogen) atoms. The molecule has 2 aromatic rings. The van der Waals surface area contributed by atoms with E-state index in [1.165, 1.54) is 18.2 Å². The van der Waals surface area contributed by atoms with Gasteiger partial charge in [0.15, 0.2) is 0 Å². The Morgan fingerprint density at radius 2 is 1.69 bits per heavy atom. The summed E-state index contributed by atoms with van der Waals surface area (Å²) in [5, 5.41) is 2.91. The van der Waals surface area contributed by atoms with Crippen LogP contribution in [-0.2, 0) is 15.8 Å². The van der Waals surface area contributed by atoms with Crippen molar-refractivity contribution < 1.29 is 22.8 Å². The summed E-state index contributed by atoms with van der Waals surface area (Å²) in [6.45, 7) is 0.956. The van der Waals surface area contributed by atoms with Crippen LogP contribution in [0.4, 0.5) is 24.5 Å². The van der Waals surface area contributed by atoms with Gasteiger partial charge in [-0.1, -0.05) is 35.9 Å². The highest BCUT2D eigenvalue weighted by Crippen LogP contribution is 2.36. The van der Waals surface area contributed by atoms with Crippen molar-refractivity contribution in [3.05, 3.63) is 59.1 Å². The van der Waals surface area contributed by atoms with Gasteiger partial charge in [-0.25, -0.2) is 0 Å². The number of hydrogen-bond acceptors (Lipinski definition) is 2. The lowest BCUT2D eigenvalue weighted by molar-refractivity contribution is -0.137. The highest BCUT2D eigenvalue weighted by molar-refractivity contribution is 6.33. The zero-order chi connectivity index (χ0) is 19.3. The summed E-state index contributed by atoms with van der Waals surface area (Å²) < 4.78 is 39.5. The van der Waals surface area contributed by atoms with Crippen molar-refractivity contribution in [2.75, 3.05) is 16.8 Å². The lowest BCUT2D eigenvalue weighted by Gasteiger charge is -2.24. The van der Waals surface area contributed by atoms with Crippen molar-refractivity contribution in [3.8, 4) is 0 Å². The van der Waals surface area contributed by atoms with E-state index in [1.54, 1.807) is 24.3 Å². The molecule has 0 saturated heterocycles. The van der Waals surface area contributed by atoms with Gasteiger partial charge < -0.3 is 10.2 Å². The summed E-state index contributed by atoms with van der Waals surface area (Å²) in [5.74, 6) is -1.05. The first-order valence-corrected chi connectivity index (χ1v) is 8.06. The maximum absolute atomic E-state index is 13.2. The molecule has 0 aliphatic rings. The van der Waals surface area contributed by atoms with Gasteiger partial charge in [0.05, 0.1) is 22.0 Å². The lowest BCUT2D eigenvalue weighted by atomic mass is 10.1. The number of carbonyl (C=O) groups is 2. The third-order valence-corrected chi connectivity index (χ3v) is 3.92. The highest BCUT2D eigenvalue weighted by Gasteiger charge is 2.35. The van der Waals surface area contributed by atoms with E-state index in [2.05, 4.69) is 5.32 Å². The molecule has 0 aliphatic carbocycles. The van der Waals surface area contributed by atoms with Crippen LogP contribution in [0.1, 0.15) is 18.9 Å². The fraction of sp³-hybridized carbons (Fsp3) is 0.222. The first-order chi connectivity index (χ1) is 12.2. The van der Waals surface area contributed by atoms with Crippen molar-refractivity contribution in [2.45, 2.75) is 19.5 Å². The largest absolute Gasteiger partial charge is 0.418 e. The molecule has 0 spiro atoms. The SMILES string of the molecule is CC(=O)N(CCC(=O)Nc1ccccc1Cl)c1ccccc1C(F)(F)F. The van der Waals surface area contributed by atoms with E-state index >= 15 is 0 Å². The number of amides is 2. The van der Waals surface area contributed by atoms with Crippen LogP contribution in [0.3, 0.4) is 0 Å². The van der Waals surface area contributed by atoms with Crippen LogP contribution >= 0.6 is 11.6 Å². The Morgan fingerprint density at radius 1 is 1.08 bits per heavy atom.